The molecule has 4 nitrogen and oxygen atoms in total. The third-order valence-electron chi connectivity index (χ3n) is 3.26. The molecule has 2 unspecified atom stereocenters. The Kier molecular flexibility index (Phi) is 3.07. The first kappa shape index (κ1) is 11.9. The molecule has 0 radical (unpaired) electrons. The predicted molar refractivity (Wildman–Crippen MR) is 63.9 cm³/mol. The van der Waals surface area contributed by atoms with Gasteiger partial charge in [-0.25, -0.2) is 0 Å². The first-order chi connectivity index (χ1) is 8.00. The van der Waals surface area contributed by atoms with Gasteiger partial charge in [0.05, 0.1) is 11.2 Å². The fraction of sp³-hybridized carbons (Fsp3) is 0.462. The quantitative estimate of drug-likeness (QED) is 0.833. The van der Waals surface area contributed by atoms with Crippen LogP contribution in [0.1, 0.15) is 36.5 Å². The first-order valence-electron chi connectivity index (χ1n) is 5.78. The van der Waals surface area contributed by atoms with Gasteiger partial charge in [-0.15, -0.1) is 0 Å². The number of rotatable bonds is 3. The minimum absolute atomic E-state index is 0.275. The highest BCUT2D eigenvalue weighted by Crippen LogP contribution is 2.33. The Morgan fingerprint density at radius 1 is 1.53 bits per heavy atom. The number of primary amides is 1. The van der Waals surface area contributed by atoms with Crippen molar-refractivity contribution in [2.75, 3.05) is 0 Å². The number of amides is 1. The van der Waals surface area contributed by atoms with Gasteiger partial charge in [0.25, 0.3) is 5.91 Å². The van der Waals surface area contributed by atoms with Gasteiger partial charge in [-0.2, -0.15) is 0 Å². The van der Waals surface area contributed by atoms with Crippen LogP contribution in [0.3, 0.4) is 0 Å². The van der Waals surface area contributed by atoms with E-state index < -0.39 is 11.5 Å². The molecule has 0 aromatic heterocycles. The van der Waals surface area contributed by atoms with Crippen LogP contribution in [-0.2, 0) is 0 Å². The summed E-state index contributed by atoms with van der Waals surface area (Å²) in [5, 5.41) is 10.1. The summed E-state index contributed by atoms with van der Waals surface area (Å²) >= 11 is 0. The van der Waals surface area contributed by atoms with Gasteiger partial charge in [0.1, 0.15) is 11.9 Å². The molecule has 1 amide bonds. The second kappa shape index (κ2) is 4.37. The lowest BCUT2D eigenvalue weighted by atomic mass is 10.0. The number of aliphatic hydroxyl groups is 1. The number of para-hydroxylation sites is 1. The molecule has 1 aliphatic carbocycles. The Morgan fingerprint density at radius 2 is 2.24 bits per heavy atom. The van der Waals surface area contributed by atoms with E-state index in [2.05, 4.69) is 0 Å². The van der Waals surface area contributed by atoms with Crippen molar-refractivity contribution in [1.82, 2.24) is 0 Å². The Hall–Kier alpha value is -1.55. The lowest BCUT2D eigenvalue weighted by Gasteiger charge is -2.26. The van der Waals surface area contributed by atoms with Crippen molar-refractivity contribution in [2.24, 2.45) is 5.73 Å². The smallest absolute Gasteiger partial charge is 0.252 e. The van der Waals surface area contributed by atoms with E-state index in [4.69, 9.17) is 10.5 Å². The van der Waals surface area contributed by atoms with Crippen molar-refractivity contribution in [2.45, 2.75) is 37.9 Å². The molecule has 1 aliphatic rings. The number of carbonyl (C=O) groups excluding carboxylic acids is 1. The molecule has 17 heavy (non-hydrogen) atoms. The number of hydrogen-bond donors (Lipinski definition) is 2. The molecule has 1 saturated carbocycles. The Bertz CT molecular complexity index is 428. The number of carbonyl (C=O) groups is 1. The molecule has 92 valence electrons. The van der Waals surface area contributed by atoms with Crippen molar-refractivity contribution in [3.63, 3.8) is 0 Å². The molecular formula is C13H17NO3. The molecule has 1 fully saturated rings. The van der Waals surface area contributed by atoms with E-state index in [9.17, 15) is 9.90 Å². The number of benzene rings is 1. The molecule has 0 aliphatic heterocycles. The number of nitrogens with two attached hydrogens (primary N) is 1. The van der Waals surface area contributed by atoms with Gasteiger partial charge in [0.2, 0.25) is 0 Å². The molecule has 2 atom stereocenters. The monoisotopic (exact) mass is 235 g/mol. The third kappa shape index (κ3) is 2.42. The van der Waals surface area contributed by atoms with Crippen LogP contribution in [0.25, 0.3) is 0 Å². The van der Waals surface area contributed by atoms with Crippen LogP contribution in [-0.4, -0.2) is 22.7 Å². The molecule has 3 N–H and O–H groups in total. The highest BCUT2D eigenvalue weighted by Gasteiger charge is 2.38. The minimum atomic E-state index is -0.829. The second-order valence-corrected chi connectivity index (χ2v) is 4.72. The Labute approximate surface area is 100 Å². The molecule has 0 bridgehead atoms. The maximum atomic E-state index is 11.2. The van der Waals surface area contributed by atoms with E-state index in [0.29, 0.717) is 11.3 Å². The highest BCUT2D eigenvalue weighted by molar-refractivity contribution is 5.95. The van der Waals surface area contributed by atoms with E-state index in [1.165, 1.54) is 0 Å². The van der Waals surface area contributed by atoms with E-state index in [1.54, 1.807) is 31.2 Å². The molecule has 0 spiro atoms. The summed E-state index contributed by atoms with van der Waals surface area (Å²) < 4.78 is 5.73. The van der Waals surface area contributed by atoms with Crippen LogP contribution in [0, 0.1) is 0 Å². The van der Waals surface area contributed by atoms with E-state index in [1.807, 2.05) is 0 Å². The molecule has 0 heterocycles. The summed E-state index contributed by atoms with van der Waals surface area (Å²) in [6.45, 7) is 1.76. The number of ether oxygens (including phenoxy) is 1. The van der Waals surface area contributed by atoms with Crippen LogP contribution in [0.15, 0.2) is 24.3 Å². The van der Waals surface area contributed by atoms with Gasteiger partial charge in [0.15, 0.2) is 0 Å². The number of hydrogen-bond acceptors (Lipinski definition) is 3. The standard InChI is InChI=1S/C13H17NO3/c1-13(16)8-4-7-11(13)17-10-6-3-2-5-9(10)12(14)15/h2-3,5-6,11,16H,4,7-8H2,1H3,(H2,14,15). The normalized spacial score (nSPS) is 28.0. The Balaban J connectivity index is 2.21. The minimum Gasteiger partial charge on any atom is -0.487 e. The summed E-state index contributed by atoms with van der Waals surface area (Å²) in [5.74, 6) is -0.0644. The lowest BCUT2D eigenvalue weighted by molar-refractivity contribution is -0.0254. The summed E-state index contributed by atoms with van der Waals surface area (Å²) in [5.41, 5.74) is 4.80. The molecule has 1 aromatic rings. The predicted octanol–water partition coefficient (Wildman–Crippen LogP) is 1.47. The topological polar surface area (TPSA) is 72.6 Å². The highest BCUT2D eigenvalue weighted by atomic mass is 16.5. The molecule has 2 rings (SSSR count). The van der Waals surface area contributed by atoms with Gasteiger partial charge < -0.3 is 15.6 Å². The van der Waals surface area contributed by atoms with Gasteiger partial charge in [-0.3, -0.25) is 4.79 Å². The van der Waals surface area contributed by atoms with Gasteiger partial charge in [-0.05, 0) is 38.3 Å². The molecular weight excluding hydrogens is 218 g/mol. The van der Waals surface area contributed by atoms with Crippen molar-refractivity contribution in [3.05, 3.63) is 29.8 Å². The molecule has 4 heteroatoms. The van der Waals surface area contributed by atoms with E-state index in [0.717, 1.165) is 19.3 Å². The van der Waals surface area contributed by atoms with Crippen molar-refractivity contribution < 1.29 is 14.6 Å². The maximum absolute atomic E-state index is 11.2. The van der Waals surface area contributed by atoms with Crippen LogP contribution in [0.4, 0.5) is 0 Å². The average Bonchev–Trinajstić information content (AvgIpc) is 2.59. The van der Waals surface area contributed by atoms with Crippen LogP contribution >= 0.6 is 0 Å². The lowest BCUT2D eigenvalue weighted by Crippen LogP contribution is -2.38. The summed E-state index contributed by atoms with van der Waals surface area (Å²) in [7, 11) is 0. The zero-order chi connectivity index (χ0) is 12.5. The molecule has 1 aromatic carbocycles. The zero-order valence-electron chi connectivity index (χ0n) is 9.85. The van der Waals surface area contributed by atoms with Crippen molar-refractivity contribution in [1.29, 1.82) is 0 Å². The molecule has 0 saturated heterocycles. The van der Waals surface area contributed by atoms with Gasteiger partial charge in [-0.1, -0.05) is 12.1 Å². The van der Waals surface area contributed by atoms with Crippen molar-refractivity contribution in [3.8, 4) is 5.75 Å². The van der Waals surface area contributed by atoms with Crippen LogP contribution < -0.4 is 10.5 Å². The SMILES string of the molecule is CC1(O)CCCC1Oc1ccccc1C(N)=O. The maximum Gasteiger partial charge on any atom is 0.252 e. The zero-order valence-corrected chi connectivity index (χ0v) is 9.85. The largest absolute Gasteiger partial charge is 0.487 e. The first-order valence-corrected chi connectivity index (χ1v) is 5.78. The van der Waals surface area contributed by atoms with E-state index in [-0.39, 0.29) is 6.10 Å². The van der Waals surface area contributed by atoms with Crippen LogP contribution in [0.5, 0.6) is 5.75 Å². The van der Waals surface area contributed by atoms with Crippen molar-refractivity contribution >= 4 is 5.91 Å². The van der Waals surface area contributed by atoms with E-state index >= 15 is 0 Å². The fourth-order valence-electron chi connectivity index (χ4n) is 2.23. The van der Waals surface area contributed by atoms with Gasteiger partial charge >= 0.3 is 0 Å². The summed E-state index contributed by atoms with van der Waals surface area (Å²) in [4.78, 5) is 11.2. The third-order valence-corrected chi connectivity index (χ3v) is 3.26. The average molecular weight is 235 g/mol. The Morgan fingerprint density at radius 3 is 2.82 bits per heavy atom. The van der Waals surface area contributed by atoms with Crippen LogP contribution in [0.2, 0.25) is 0 Å². The fourth-order valence-corrected chi connectivity index (χ4v) is 2.23. The second-order valence-electron chi connectivity index (χ2n) is 4.72. The van der Waals surface area contributed by atoms with Gasteiger partial charge in [0, 0.05) is 0 Å². The summed E-state index contributed by atoms with van der Waals surface area (Å²) in [6, 6.07) is 6.85. The summed E-state index contributed by atoms with van der Waals surface area (Å²) in [6.07, 6.45) is 2.16.